The second kappa shape index (κ2) is 7.11. The average Bonchev–Trinajstić information content (AvgIpc) is 2.80. The summed E-state index contributed by atoms with van der Waals surface area (Å²) in [6.07, 6.45) is 0.807. The molecular weight excluding hydrogens is 304 g/mol. The maximum absolute atomic E-state index is 12.5. The van der Waals surface area contributed by atoms with Crippen molar-refractivity contribution in [2.45, 2.75) is 31.8 Å². The molecule has 0 saturated carbocycles. The van der Waals surface area contributed by atoms with E-state index in [0.717, 1.165) is 5.56 Å². The predicted octanol–water partition coefficient (Wildman–Crippen LogP) is 1.75. The average molecular weight is 325 g/mol. The van der Waals surface area contributed by atoms with Gasteiger partial charge in [0.05, 0.1) is 24.6 Å². The van der Waals surface area contributed by atoms with Gasteiger partial charge in [-0.25, -0.2) is 0 Å². The second-order valence-electron chi connectivity index (χ2n) is 5.61. The summed E-state index contributed by atoms with van der Waals surface area (Å²) < 4.78 is 0. The Bertz CT molecular complexity index is 560. The Hall–Kier alpha value is -1.59. The highest BCUT2D eigenvalue weighted by Crippen LogP contribution is 2.37. The van der Waals surface area contributed by atoms with E-state index in [1.807, 2.05) is 19.1 Å². The van der Waals surface area contributed by atoms with Crippen molar-refractivity contribution in [2.24, 2.45) is 5.92 Å². The Morgan fingerprint density at radius 1 is 1.55 bits per heavy atom. The van der Waals surface area contributed by atoms with Crippen LogP contribution in [0.4, 0.5) is 0 Å². The van der Waals surface area contributed by atoms with Gasteiger partial charge in [-0.1, -0.05) is 30.7 Å². The standard InChI is InChI=1S/C16H21ClN2O3/c1-3-12(9-20)18-16(22)13-8-14(21)19(2)15(13)10-5-4-6-11(17)7-10/h4-7,12-13,15,20H,3,8-9H2,1-2H3,(H,18,22). The molecule has 22 heavy (non-hydrogen) atoms. The van der Waals surface area contributed by atoms with Crippen molar-refractivity contribution in [1.29, 1.82) is 0 Å². The number of hydrogen-bond donors (Lipinski definition) is 2. The van der Waals surface area contributed by atoms with Gasteiger partial charge < -0.3 is 15.3 Å². The van der Waals surface area contributed by atoms with Gasteiger partial charge in [0, 0.05) is 18.5 Å². The number of aliphatic hydroxyl groups is 1. The second-order valence-corrected chi connectivity index (χ2v) is 6.05. The number of amides is 2. The molecule has 1 saturated heterocycles. The summed E-state index contributed by atoms with van der Waals surface area (Å²) in [5.41, 5.74) is 0.845. The molecule has 1 aromatic rings. The molecule has 5 nitrogen and oxygen atoms in total. The summed E-state index contributed by atoms with van der Waals surface area (Å²) in [5, 5.41) is 12.6. The third-order valence-electron chi connectivity index (χ3n) is 4.17. The van der Waals surface area contributed by atoms with Crippen molar-refractivity contribution < 1.29 is 14.7 Å². The lowest BCUT2D eigenvalue weighted by Gasteiger charge is -2.26. The number of carbonyl (C=O) groups excluding carboxylic acids is 2. The highest BCUT2D eigenvalue weighted by Gasteiger charge is 2.42. The number of nitrogens with zero attached hydrogens (tertiary/aromatic N) is 1. The fourth-order valence-electron chi connectivity index (χ4n) is 2.84. The summed E-state index contributed by atoms with van der Waals surface area (Å²) in [6.45, 7) is 1.78. The first-order valence-electron chi connectivity index (χ1n) is 7.40. The normalized spacial score (nSPS) is 22.7. The molecule has 0 bridgehead atoms. The molecule has 0 spiro atoms. The number of halogens is 1. The van der Waals surface area contributed by atoms with Crippen molar-refractivity contribution in [1.82, 2.24) is 10.2 Å². The fourth-order valence-corrected chi connectivity index (χ4v) is 3.04. The minimum atomic E-state index is -0.475. The quantitative estimate of drug-likeness (QED) is 0.867. The van der Waals surface area contributed by atoms with Gasteiger partial charge in [-0.05, 0) is 24.1 Å². The van der Waals surface area contributed by atoms with Crippen molar-refractivity contribution in [3.63, 3.8) is 0 Å². The summed E-state index contributed by atoms with van der Waals surface area (Å²) in [6, 6.07) is 6.61. The van der Waals surface area contributed by atoms with Crippen LogP contribution in [0.25, 0.3) is 0 Å². The van der Waals surface area contributed by atoms with E-state index in [4.69, 9.17) is 11.6 Å². The Balaban J connectivity index is 2.25. The van der Waals surface area contributed by atoms with Crippen LogP contribution >= 0.6 is 11.6 Å². The number of carbonyl (C=O) groups is 2. The molecular formula is C16H21ClN2O3. The van der Waals surface area contributed by atoms with E-state index >= 15 is 0 Å². The van der Waals surface area contributed by atoms with Crippen LogP contribution in [0, 0.1) is 5.92 Å². The van der Waals surface area contributed by atoms with Gasteiger partial charge in [0.15, 0.2) is 0 Å². The SMILES string of the molecule is CCC(CO)NC(=O)C1CC(=O)N(C)C1c1cccc(Cl)c1. The lowest BCUT2D eigenvalue weighted by Crippen LogP contribution is -2.42. The largest absolute Gasteiger partial charge is 0.394 e. The molecule has 2 amide bonds. The molecule has 1 aliphatic rings. The van der Waals surface area contributed by atoms with Crippen molar-refractivity contribution in [2.75, 3.05) is 13.7 Å². The first-order valence-corrected chi connectivity index (χ1v) is 7.78. The van der Waals surface area contributed by atoms with Crippen LogP contribution in [0.3, 0.4) is 0 Å². The lowest BCUT2D eigenvalue weighted by molar-refractivity contribution is -0.128. The van der Waals surface area contributed by atoms with Crippen LogP contribution < -0.4 is 5.32 Å². The van der Waals surface area contributed by atoms with Gasteiger partial charge in [0.1, 0.15) is 0 Å². The van der Waals surface area contributed by atoms with Crippen LogP contribution in [0.2, 0.25) is 5.02 Å². The molecule has 0 aromatic heterocycles. The zero-order valence-electron chi connectivity index (χ0n) is 12.8. The van der Waals surface area contributed by atoms with E-state index < -0.39 is 5.92 Å². The monoisotopic (exact) mass is 324 g/mol. The number of rotatable bonds is 5. The lowest BCUT2D eigenvalue weighted by atomic mass is 9.92. The highest BCUT2D eigenvalue weighted by atomic mass is 35.5. The maximum Gasteiger partial charge on any atom is 0.226 e. The van der Waals surface area contributed by atoms with Crippen LogP contribution in [-0.2, 0) is 9.59 Å². The predicted molar refractivity (Wildman–Crippen MR) is 84.4 cm³/mol. The van der Waals surface area contributed by atoms with E-state index in [1.54, 1.807) is 24.1 Å². The number of hydrogen-bond acceptors (Lipinski definition) is 3. The van der Waals surface area contributed by atoms with Crippen LogP contribution in [0.5, 0.6) is 0 Å². The third kappa shape index (κ3) is 3.42. The van der Waals surface area contributed by atoms with Crippen LogP contribution in [-0.4, -0.2) is 41.5 Å². The van der Waals surface area contributed by atoms with Gasteiger partial charge in [-0.3, -0.25) is 9.59 Å². The van der Waals surface area contributed by atoms with E-state index in [2.05, 4.69) is 5.32 Å². The molecule has 1 heterocycles. The molecule has 6 heteroatoms. The summed E-state index contributed by atoms with van der Waals surface area (Å²) in [5.74, 6) is -0.748. The first kappa shape index (κ1) is 16.8. The van der Waals surface area contributed by atoms with Gasteiger partial charge in [-0.2, -0.15) is 0 Å². The summed E-state index contributed by atoms with van der Waals surface area (Å²) in [7, 11) is 1.70. The van der Waals surface area contributed by atoms with E-state index in [9.17, 15) is 14.7 Å². The maximum atomic E-state index is 12.5. The van der Waals surface area contributed by atoms with Crippen LogP contribution in [0.1, 0.15) is 31.4 Å². The Morgan fingerprint density at radius 2 is 2.27 bits per heavy atom. The van der Waals surface area contributed by atoms with Crippen LogP contribution in [0.15, 0.2) is 24.3 Å². The van der Waals surface area contributed by atoms with Gasteiger partial charge in [-0.15, -0.1) is 0 Å². The molecule has 1 aromatic carbocycles. The number of benzene rings is 1. The van der Waals surface area contributed by atoms with Gasteiger partial charge in [0.25, 0.3) is 0 Å². The molecule has 1 fully saturated rings. The molecule has 3 unspecified atom stereocenters. The minimum Gasteiger partial charge on any atom is -0.394 e. The Labute approximate surface area is 135 Å². The molecule has 3 atom stereocenters. The van der Waals surface area contributed by atoms with Crippen molar-refractivity contribution in [3.8, 4) is 0 Å². The Morgan fingerprint density at radius 3 is 2.86 bits per heavy atom. The van der Waals surface area contributed by atoms with E-state index in [1.165, 1.54) is 0 Å². The third-order valence-corrected chi connectivity index (χ3v) is 4.41. The van der Waals surface area contributed by atoms with Gasteiger partial charge >= 0.3 is 0 Å². The fraction of sp³-hybridized carbons (Fsp3) is 0.500. The minimum absolute atomic E-state index is 0.0674. The topological polar surface area (TPSA) is 69.6 Å². The highest BCUT2D eigenvalue weighted by molar-refractivity contribution is 6.30. The molecule has 1 aliphatic heterocycles. The van der Waals surface area contributed by atoms with Crippen molar-refractivity contribution >= 4 is 23.4 Å². The Kier molecular flexibility index (Phi) is 5.42. The van der Waals surface area contributed by atoms with E-state index in [0.29, 0.717) is 11.4 Å². The summed E-state index contributed by atoms with van der Waals surface area (Å²) in [4.78, 5) is 26.1. The molecule has 120 valence electrons. The van der Waals surface area contributed by atoms with Gasteiger partial charge in [0.2, 0.25) is 11.8 Å². The van der Waals surface area contributed by atoms with E-state index in [-0.39, 0.29) is 36.9 Å². The first-order chi connectivity index (χ1) is 10.5. The molecule has 0 aliphatic carbocycles. The number of aliphatic hydroxyl groups excluding tert-OH is 1. The smallest absolute Gasteiger partial charge is 0.226 e. The summed E-state index contributed by atoms with van der Waals surface area (Å²) >= 11 is 6.03. The number of nitrogens with one attached hydrogen (secondary N) is 1. The zero-order valence-corrected chi connectivity index (χ0v) is 13.5. The molecule has 2 rings (SSSR count). The van der Waals surface area contributed by atoms with Crippen molar-refractivity contribution in [3.05, 3.63) is 34.9 Å². The molecule has 0 radical (unpaired) electrons. The molecule has 2 N–H and O–H groups in total. The zero-order chi connectivity index (χ0) is 16.3. The number of likely N-dealkylation sites (tertiary alicyclic amines) is 1.